The number of nitrogens with zero attached hydrogens (tertiary/aromatic N) is 1. The summed E-state index contributed by atoms with van der Waals surface area (Å²) in [7, 11) is 0. The van der Waals surface area contributed by atoms with Crippen molar-refractivity contribution in [3.05, 3.63) is 0 Å². The van der Waals surface area contributed by atoms with Crippen molar-refractivity contribution in [3.63, 3.8) is 0 Å². The van der Waals surface area contributed by atoms with Gasteiger partial charge in [-0.05, 0) is 12.7 Å². The molecule has 5 heteroatoms. The standard InChI is InChI=1S/C9H16N2O2S/c1-3-7-9(13)10-6-8(12)11(7)4-5-14-2/h7H,3-6H2,1-2H3,(H,10,13). The fourth-order valence-corrected chi connectivity index (χ4v) is 1.95. The van der Waals surface area contributed by atoms with Gasteiger partial charge in [0.1, 0.15) is 6.04 Å². The van der Waals surface area contributed by atoms with E-state index in [-0.39, 0.29) is 24.4 Å². The molecule has 2 amide bonds. The molecule has 14 heavy (non-hydrogen) atoms. The molecular weight excluding hydrogens is 200 g/mol. The fraction of sp³-hybridized carbons (Fsp3) is 0.778. The molecule has 0 aromatic carbocycles. The van der Waals surface area contributed by atoms with Crippen molar-refractivity contribution in [2.75, 3.05) is 25.1 Å². The highest BCUT2D eigenvalue weighted by molar-refractivity contribution is 7.98. The summed E-state index contributed by atoms with van der Waals surface area (Å²) in [6.07, 6.45) is 2.68. The van der Waals surface area contributed by atoms with Crippen LogP contribution in [0.5, 0.6) is 0 Å². The Morgan fingerprint density at radius 2 is 2.29 bits per heavy atom. The van der Waals surface area contributed by atoms with Crippen molar-refractivity contribution in [2.45, 2.75) is 19.4 Å². The number of carbonyl (C=O) groups is 2. The summed E-state index contributed by atoms with van der Waals surface area (Å²) >= 11 is 1.69. The molecule has 4 nitrogen and oxygen atoms in total. The van der Waals surface area contributed by atoms with Crippen LogP contribution in [0, 0.1) is 0 Å². The highest BCUT2D eigenvalue weighted by Crippen LogP contribution is 2.10. The van der Waals surface area contributed by atoms with Crippen LogP contribution >= 0.6 is 11.8 Å². The Morgan fingerprint density at radius 1 is 1.57 bits per heavy atom. The van der Waals surface area contributed by atoms with Gasteiger partial charge in [0.2, 0.25) is 11.8 Å². The molecule has 1 saturated heterocycles. The highest BCUT2D eigenvalue weighted by Gasteiger charge is 2.32. The number of amides is 2. The number of nitrogens with one attached hydrogen (secondary N) is 1. The molecule has 1 aliphatic heterocycles. The second-order valence-corrected chi connectivity index (χ2v) is 4.21. The molecule has 1 N–H and O–H groups in total. The molecule has 1 fully saturated rings. The lowest BCUT2D eigenvalue weighted by atomic mass is 10.1. The van der Waals surface area contributed by atoms with Crippen LogP contribution in [0.4, 0.5) is 0 Å². The first-order valence-electron chi connectivity index (χ1n) is 4.76. The zero-order valence-electron chi connectivity index (χ0n) is 8.58. The monoisotopic (exact) mass is 216 g/mol. The van der Waals surface area contributed by atoms with E-state index in [0.717, 1.165) is 5.75 Å². The number of piperazine rings is 1. The van der Waals surface area contributed by atoms with Gasteiger partial charge in [-0.25, -0.2) is 0 Å². The molecule has 0 aromatic rings. The lowest BCUT2D eigenvalue weighted by molar-refractivity contribution is -0.145. The van der Waals surface area contributed by atoms with Gasteiger partial charge in [0, 0.05) is 12.3 Å². The minimum atomic E-state index is -0.261. The fourth-order valence-electron chi connectivity index (χ4n) is 1.57. The summed E-state index contributed by atoms with van der Waals surface area (Å²) in [5.41, 5.74) is 0. The van der Waals surface area contributed by atoms with Crippen molar-refractivity contribution in [1.29, 1.82) is 0 Å². The third kappa shape index (κ3) is 2.41. The molecular formula is C9H16N2O2S. The molecule has 1 rings (SSSR count). The smallest absolute Gasteiger partial charge is 0.243 e. The quantitative estimate of drug-likeness (QED) is 0.724. The normalized spacial score (nSPS) is 22.4. The van der Waals surface area contributed by atoms with Crippen LogP contribution in [0.3, 0.4) is 0 Å². The molecule has 1 unspecified atom stereocenters. The van der Waals surface area contributed by atoms with Gasteiger partial charge < -0.3 is 10.2 Å². The van der Waals surface area contributed by atoms with E-state index in [1.807, 2.05) is 13.2 Å². The molecule has 1 aliphatic rings. The molecule has 0 aromatic heterocycles. The van der Waals surface area contributed by atoms with Gasteiger partial charge in [-0.2, -0.15) is 11.8 Å². The second-order valence-electron chi connectivity index (χ2n) is 3.22. The Labute approximate surface area is 88.4 Å². The van der Waals surface area contributed by atoms with E-state index in [1.165, 1.54) is 0 Å². The van der Waals surface area contributed by atoms with Gasteiger partial charge in [0.15, 0.2) is 0 Å². The Kier molecular flexibility index (Phi) is 4.25. The average molecular weight is 216 g/mol. The minimum absolute atomic E-state index is 0.0202. The first-order chi connectivity index (χ1) is 6.70. The van der Waals surface area contributed by atoms with Gasteiger partial charge in [-0.3, -0.25) is 9.59 Å². The number of thioether (sulfide) groups is 1. The summed E-state index contributed by atoms with van der Waals surface area (Å²) < 4.78 is 0. The molecule has 0 bridgehead atoms. The van der Waals surface area contributed by atoms with Gasteiger partial charge in [0.05, 0.1) is 6.54 Å². The highest BCUT2D eigenvalue weighted by atomic mass is 32.2. The zero-order valence-corrected chi connectivity index (χ0v) is 9.39. The Morgan fingerprint density at radius 3 is 2.86 bits per heavy atom. The second kappa shape index (κ2) is 5.24. The molecule has 0 aliphatic carbocycles. The summed E-state index contributed by atoms with van der Waals surface area (Å²) in [6, 6.07) is -0.261. The number of hydrogen-bond donors (Lipinski definition) is 1. The summed E-state index contributed by atoms with van der Waals surface area (Å²) in [5.74, 6) is 0.897. The van der Waals surface area contributed by atoms with Gasteiger partial charge >= 0.3 is 0 Å². The van der Waals surface area contributed by atoms with Gasteiger partial charge in [0.25, 0.3) is 0 Å². The topological polar surface area (TPSA) is 49.4 Å². The number of carbonyl (C=O) groups excluding carboxylic acids is 2. The van der Waals surface area contributed by atoms with Gasteiger partial charge in [-0.1, -0.05) is 6.92 Å². The van der Waals surface area contributed by atoms with Crippen molar-refractivity contribution in [3.8, 4) is 0 Å². The third-order valence-electron chi connectivity index (χ3n) is 2.34. The molecule has 0 spiro atoms. The van der Waals surface area contributed by atoms with Crippen molar-refractivity contribution in [2.24, 2.45) is 0 Å². The maximum atomic E-state index is 11.5. The summed E-state index contributed by atoms with van der Waals surface area (Å²) in [5, 5.41) is 2.60. The lowest BCUT2D eigenvalue weighted by Crippen LogP contribution is -2.58. The van der Waals surface area contributed by atoms with E-state index in [4.69, 9.17) is 0 Å². The predicted molar refractivity (Wildman–Crippen MR) is 57.2 cm³/mol. The van der Waals surface area contributed by atoms with Crippen LogP contribution in [0.2, 0.25) is 0 Å². The predicted octanol–water partition coefficient (Wildman–Crippen LogP) is 0.0864. The molecule has 0 saturated carbocycles. The number of hydrogen-bond acceptors (Lipinski definition) is 3. The van der Waals surface area contributed by atoms with Crippen LogP contribution in [-0.2, 0) is 9.59 Å². The first-order valence-corrected chi connectivity index (χ1v) is 6.16. The van der Waals surface area contributed by atoms with Crippen molar-refractivity contribution < 1.29 is 9.59 Å². The maximum Gasteiger partial charge on any atom is 0.243 e. The van der Waals surface area contributed by atoms with Crippen LogP contribution < -0.4 is 5.32 Å². The van der Waals surface area contributed by atoms with Crippen LogP contribution in [0.25, 0.3) is 0 Å². The van der Waals surface area contributed by atoms with E-state index < -0.39 is 0 Å². The number of rotatable bonds is 4. The largest absolute Gasteiger partial charge is 0.345 e. The van der Waals surface area contributed by atoms with E-state index in [2.05, 4.69) is 5.32 Å². The van der Waals surface area contributed by atoms with Crippen LogP contribution in [0.15, 0.2) is 0 Å². The van der Waals surface area contributed by atoms with Crippen LogP contribution in [0.1, 0.15) is 13.3 Å². The SMILES string of the molecule is CCC1C(=O)NCC(=O)N1CCSC. The zero-order chi connectivity index (χ0) is 10.6. The summed E-state index contributed by atoms with van der Waals surface area (Å²) in [4.78, 5) is 24.6. The molecule has 0 radical (unpaired) electrons. The average Bonchev–Trinajstić information content (AvgIpc) is 2.19. The molecule has 1 heterocycles. The van der Waals surface area contributed by atoms with Gasteiger partial charge in [-0.15, -0.1) is 0 Å². The molecule has 1 atom stereocenters. The van der Waals surface area contributed by atoms with E-state index in [1.54, 1.807) is 16.7 Å². The van der Waals surface area contributed by atoms with E-state index >= 15 is 0 Å². The Balaban J connectivity index is 2.63. The lowest BCUT2D eigenvalue weighted by Gasteiger charge is -2.34. The van der Waals surface area contributed by atoms with E-state index in [0.29, 0.717) is 13.0 Å². The Bertz CT molecular complexity index is 233. The minimum Gasteiger partial charge on any atom is -0.345 e. The summed E-state index contributed by atoms with van der Waals surface area (Å²) in [6.45, 7) is 2.75. The van der Waals surface area contributed by atoms with Crippen molar-refractivity contribution >= 4 is 23.6 Å². The first kappa shape index (κ1) is 11.4. The third-order valence-corrected chi connectivity index (χ3v) is 2.93. The van der Waals surface area contributed by atoms with Crippen molar-refractivity contribution in [1.82, 2.24) is 10.2 Å². The van der Waals surface area contributed by atoms with Crippen LogP contribution in [-0.4, -0.2) is 47.9 Å². The Hall–Kier alpha value is -0.710. The maximum absolute atomic E-state index is 11.5. The van der Waals surface area contributed by atoms with E-state index in [9.17, 15) is 9.59 Å². The molecule has 80 valence electrons.